The number of methoxy groups -OCH3 is 1. The molecule has 0 saturated carbocycles. The van der Waals surface area contributed by atoms with Crippen molar-refractivity contribution in [2.45, 2.75) is 30.3 Å². The number of fused-ring (bicyclic) bond motifs is 1. The fraction of sp³-hybridized carbons (Fsp3) is 0.300. The lowest BCUT2D eigenvalue weighted by atomic mass is 9.97. The maximum atomic E-state index is 13.2. The van der Waals surface area contributed by atoms with Gasteiger partial charge in [-0.1, -0.05) is 11.8 Å². The van der Waals surface area contributed by atoms with Gasteiger partial charge >= 0.3 is 5.97 Å². The van der Waals surface area contributed by atoms with Crippen molar-refractivity contribution < 1.29 is 13.9 Å². The number of thiazole rings is 1. The highest BCUT2D eigenvalue weighted by molar-refractivity contribution is 7.99. The molecule has 1 atom stereocenters. The summed E-state index contributed by atoms with van der Waals surface area (Å²) in [4.78, 5) is 26.2. The first kappa shape index (κ1) is 19.8. The molecule has 1 unspecified atom stereocenters. The van der Waals surface area contributed by atoms with Crippen molar-refractivity contribution >= 4 is 34.9 Å². The molecule has 9 heteroatoms. The lowest BCUT2D eigenvalue weighted by molar-refractivity contribution is -0.137. The van der Waals surface area contributed by atoms with Crippen LogP contribution in [-0.4, -0.2) is 33.8 Å². The number of nitrogens with one attached hydrogen (secondary N) is 1. The Hall–Kier alpha value is -2.52. The molecule has 3 aromatic rings. The number of rotatable bonds is 6. The van der Waals surface area contributed by atoms with Gasteiger partial charge < -0.3 is 10.1 Å². The van der Waals surface area contributed by atoms with Crippen LogP contribution in [0.15, 0.2) is 41.7 Å². The lowest BCUT2D eigenvalue weighted by Gasteiger charge is -2.22. The number of esters is 1. The van der Waals surface area contributed by atoms with Crippen LogP contribution in [0.2, 0.25) is 0 Å². The van der Waals surface area contributed by atoms with E-state index in [0.717, 1.165) is 35.5 Å². The lowest BCUT2D eigenvalue weighted by Crippen LogP contribution is -2.17. The number of carbonyl (C=O) groups excluding carboxylic acids is 1. The zero-order valence-corrected chi connectivity index (χ0v) is 17.4. The second-order valence-corrected chi connectivity index (χ2v) is 8.61. The molecule has 1 aromatic carbocycles. The molecule has 2 heterocycles. The molecule has 4 rings (SSSR count). The molecular formula is C20H19FN4O2S2. The summed E-state index contributed by atoms with van der Waals surface area (Å²) >= 11 is 2.95. The van der Waals surface area contributed by atoms with Crippen molar-refractivity contribution in [3.8, 4) is 10.6 Å². The zero-order chi connectivity index (χ0) is 20.2. The first-order chi connectivity index (χ1) is 14.1. The number of benzene rings is 1. The Morgan fingerprint density at radius 3 is 2.93 bits per heavy atom. The van der Waals surface area contributed by atoms with E-state index in [-0.39, 0.29) is 23.6 Å². The van der Waals surface area contributed by atoms with Crippen molar-refractivity contribution in [1.29, 1.82) is 0 Å². The van der Waals surface area contributed by atoms with Gasteiger partial charge in [0.1, 0.15) is 21.7 Å². The molecule has 2 aromatic heterocycles. The van der Waals surface area contributed by atoms with Gasteiger partial charge in [0.2, 0.25) is 0 Å². The van der Waals surface area contributed by atoms with Gasteiger partial charge in [0.05, 0.1) is 37.0 Å². The van der Waals surface area contributed by atoms with Gasteiger partial charge in [0.15, 0.2) is 0 Å². The summed E-state index contributed by atoms with van der Waals surface area (Å²) < 4.78 is 17.9. The number of hydrogen-bond acceptors (Lipinski definition) is 8. The SMILES string of the molecule is COC(=O)CSc1cncc(NC2CCCc3sc(-c4ccc(F)cc4)nc32)n1. The van der Waals surface area contributed by atoms with Crippen LogP contribution < -0.4 is 5.32 Å². The monoisotopic (exact) mass is 430 g/mol. The topological polar surface area (TPSA) is 77.0 Å². The van der Waals surface area contributed by atoms with E-state index in [4.69, 9.17) is 4.98 Å². The van der Waals surface area contributed by atoms with Crippen LogP contribution >= 0.6 is 23.1 Å². The van der Waals surface area contributed by atoms with E-state index in [1.807, 2.05) is 0 Å². The minimum atomic E-state index is -0.303. The van der Waals surface area contributed by atoms with Crippen LogP contribution in [0.5, 0.6) is 0 Å². The highest BCUT2D eigenvalue weighted by Crippen LogP contribution is 2.38. The van der Waals surface area contributed by atoms with E-state index in [9.17, 15) is 9.18 Å². The van der Waals surface area contributed by atoms with Gasteiger partial charge in [-0.25, -0.2) is 14.4 Å². The molecule has 1 aliphatic rings. The summed E-state index contributed by atoms with van der Waals surface area (Å²) in [5.41, 5.74) is 1.94. The van der Waals surface area contributed by atoms with E-state index < -0.39 is 0 Å². The number of ether oxygens (including phenoxy) is 1. The maximum Gasteiger partial charge on any atom is 0.316 e. The van der Waals surface area contributed by atoms with Gasteiger partial charge in [0.25, 0.3) is 0 Å². The fourth-order valence-corrected chi connectivity index (χ4v) is 4.98. The van der Waals surface area contributed by atoms with Crippen LogP contribution in [0, 0.1) is 5.82 Å². The molecule has 0 bridgehead atoms. The standard InChI is InChI=1S/C20H19FN4O2S2/c1-27-18(26)11-28-17-10-22-9-16(24-17)23-14-3-2-4-15-19(14)25-20(29-15)12-5-7-13(21)8-6-12/h5-10,14H,2-4,11H2,1H3,(H,23,24). The molecule has 150 valence electrons. The zero-order valence-electron chi connectivity index (χ0n) is 15.7. The highest BCUT2D eigenvalue weighted by atomic mass is 32.2. The predicted octanol–water partition coefficient (Wildman–Crippen LogP) is 4.49. The van der Waals surface area contributed by atoms with E-state index in [0.29, 0.717) is 10.8 Å². The van der Waals surface area contributed by atoms with Gasteiger partial charge in [-0.15, -0.1) is 11.3 Å². The molecular weight excluding hydrogens is 411 g/mol. The van der Waals surface area contributed by atoms with E-state index in [2.05, 4.69) is 20.0 Å². The third kappa shape index (κ3) is 4.73. The molecule has 1 N–H and O–H groups in total. The van der Waals surface area contributed by atoms with Gasteiger partial charge in [-0.2, -0.15) is 0 Å². The Balaban J connectivity index is 1.51. The van der Waals surface area contributed by atoms with Crippen molar-refractivity contribution in [2.75, 3.05) is 18.2 Å². The predicted molar refractivity (Wildman–Crippen MR) is 112 cm³/mol. The Kier molecular flexibility index (Phi) is 6.05. The Morgan fingerprint density at radius 1 is 1.31 bits per heavy atom. The van der Waals surface area contributed by atoms with E-state index in [1.165, 1.54) is 35.9 Å². The molecule has 29 heavy (non-hydrogen) atoms. The quantitative estimate of drug-likeness (QED) is 0.456. The number of halogens is 1. The first-order valence-corrected chi connectivity index (χ1v) is 11.0. The highest BCUT2D eigenvalue weighted by Gasteiger charge is 2.25. The third-order valence-electron chi connectivity index (χ3n) is 4.55. The minimum absolute atomic E-state index is 0.0411. The summed E-state index contributed by atoms with van der Waals surface area (Å²) in [6.07, 6.45) is 6.29. The minimum Gasteiger partial charge on any atom is -0.468 e. The summed E-state index contributed by atoms with van der Waals surface area (Å²) in [5.74, 6) is 0.282. The summed E-state index contributed by atoms with van der Waals surface area (Å²) in [6, 6.07) is 6.47. The van der Waals surface area contributed by atoms with Crippen molar-refractivity contribution in [1.82, 2.24) is 15.0 Å². The largest absolute Gasteiger partial charge is 0.468 e. The van der Waals surface area contributed by atoms with Gasteiger partial charge in [-0.3, -0.25) is 9.78 Å². The fourth-order valence-electron chi connectivity index (χ4n) is 3.13. The molecule has 0 fully saturated rings. The molecule has 6 nitrogen and oxygen atoms in total. The number of hydrogen-bond donors (Lipinski definition) is 1. The number of nitrogens with zero attached hydrogens (tertiary/aromatic N) is 3. The van der Waals surface area contributed by atoms with Gasteiger partial charge in [-0.05, 0) is 43.5 Å². The Bertz CT molecular complexity index is 1010. The number of aryl methyl sites for hydroxylation is 1. The Labute approximate surface area is 176 Å². The van der Waals surface area contributed by atoms with Crippen LogP contribution in [0.25, 0.3) is 10.6 Å². The second kappa shape index (κ2) is 8.87. The molecule has 0 spiro atoms. The number of aromatic nitrogens is 3. The molecule has 0 saturated heterocycles. The average Bonchev–Trinajstić information content (AvgIpc) is 3.18. The normalized spacial score (nSPS) is 15.6. The van der Waals surface area contributed by atoms with E-state index in [1.54, 1.807) is 35.9 Å². The first-order valence-electron chi connectivity index (χ1n) is 9.16. The number of thioether (sulfide) groups is 1. The third-order valence-corrected chi connectivity index (χ3v) is 6.60. The smallest absolute Gasteiger partial charge is 0.316 e. The Morgan fingerprint density at radius 2 is 2.14 bits per heavy atom. The van der Waals surface area contributed by atoms with Crippen molar-refractivity contribution in [3.05, 3.63) is 53.0 Å². The van der Waals surface area contributed by atoms with Crippen molar-refractivity contribution in [2.24, 2.45) is 0 Å². The van der Waals surface area contributed by atoms with Crippen LogP contribution in [0.3, 0.4) is 0 Å². The van der Waals surface area contributed by atoms with Crippen LogP contribution in [0.1, 0.15) is 29.5 Å². The molecule has 1 aliphatic carbocycles. The summed E-state index contributed by atoms with van der Waals surface area (Å²) in [7, 11) is 1.36. The number of anilines is 1. The number of carbonyl (C=O) groups is 1. The van der Waals surface area contributed by atoms with Crippen LogP contribution in [0.4, 0.5) is 10.2 Å². The summed E-state index contributed by atoms with van der Waals surface area (Å²) in [6.45, 7) is 0. The maximum absolute atomic E-state index is 13.2. The summed E-state index contributed by atoms with van der Waals surface area (Å²) in [5, 5.41) is 4.99. The second-order valence-electron chi connectivity index (χ2n) is 6.53. The molecule has 0 aliphatic heterocycles. The van der Waals surface area contributed by atoms with Gasteiger partial charge in [0, 0.05) is 10.4 Å². The van der Waals surface area contributed by atoms with Crippen molar-refractivity contribution in [3.63, 3.8) is 0 Å². The average molecular weight is 431 g/mol. The molecule has 0 amide bonds. The molecule has 0 radical (unpaired) electrons. The van der Waals surface area contributed by atoms with E-state index >= 15 is 0 Å². The van der Waals surface area contributed by atoms with Crippen LogP contribution in [-0.2, 0) is 16.0 Å².